The Morgan fingerprint density at radius 2 is 2.07 bits per heavy atom. The minimum absolute atomic E-state index is 0.0427. The van der Waals surface area contributed by atoms with Crippen molar-refractivity contribution in [3.63, 3.8) is 0 Å². The summed E-state index contributed by atoms with van der Waals surface area (Å²) in [5.41, 5.74) is 2.36. The summed E-state index contributed by atoms with van der Waals surface area (Å²) < 4.78 is 5.56. The van der Waals surface area contributed by atoms with Crippen LogP contribution in [0.2, 0.25) is 0 Å². The molecule has 28 heavy (non-hydrogen) atoms. The maximum absolute atomic E-state index is 11.1. The molecule has 2 unspecified atom stereocenters. The van der Waals surface area contributed by atoms with Crippen molar-refractivity contribution in [2.24, 2.45) is 5.92 Å². The number of nitrogens with zero attached hydrogens (tertiary/aromatic N) is 1. The fourth-order valence-electron chi connectivity index (χ4n) is 4.31. The fourth-order valence-corrected chi connectivity index (χ4v) is 4.31. The average Bonchev–Trinajstić information content (AvgIpc) is 3.14. The van der Waals surface area contributed by atoms with E-state index in [0.29, 0.717) is 12.8 Å². The Morgan fingerprint density at radius 3 is 2.82 bits per heavy atom. The molecule has 0 amide bonds. The molecule has 2 atom stereocenters. The molecule has 0 spiro atoms. The lowest BCUT2D eigenvalue weighted by Crippen LogP contribution is -2.51. The first-order valence-corrected chi connectivity index (χ1v) is 9.72. The maximum Gasteiger partial charge on any atom is 0.130 e. The highest BCUT2D eigenvalue weighted by Crippen LogP contribution is 2.35. The molecule has 4 rings (SSSR count). The molecule has 2 N–H and O–H groups in total. The molecular weight excluding hydrogens is 348 g/mol. The molecule has 1 aliphatic rings. The molecule has 4 heteroatoms. The van der Waals surface area contributed by atoms with E-state index < -0.39 is 5.60 Å². The van der Waals surface area contributed by atoms with Crippen LogP contribution in [0.3, 0.4) is 0 Å². The first-order valence-electron chi connectivity index (χ1n) is 9.72. The molecule has 0 saturated carbocycles. The van der Waals surface area contributed by atoms with Crippen molar-refractivity contribution in [3.8, 4) is 18.1 Å². The number of terminal acetylenes is 1. The van der Waals surface area contributed by atoms with E-state index >= 15 is 0 Å². The Balaban J connectivity index is 1.59. The van der Waals surface area contributed by atoms with Crippen LogP contribution in [0.25, 0.3) is 10.9 Å². The number of piperidine rings is 1. The summed E-state index contributed by atoms with van der Waals surface area (Å²) in [6.45, 7) is 2.43. The van der Waals surface area contributed by atoms with Gasteiger partial charge in [0.2, 0.25) is 0 Å². The Morgan fingerprint density at radius 1 is 1.25 bits per heavy atom. The molecule has 0 radical (unpaired) electrons. The topological polar surface area (TPSA) is 48.5 Å². The number of fused-ring (bicyclic) bond motifs is 1. The molecule has 1 aliphatic heterocycles. The van der Waals surface area contributed by atoms with Crippen LogP contribution < -0.4 is 4.74 Å². The number of benzene rings is 2. The largest absolute Gasteiger partial charge is 0.496 e. The number of ether oxygens (including phenoxy) is 1. The highest BCUT2D eigenvalue weighted by Gasteiger charge is 2.40. The predicted molar refractivity (Wildman–Crippen MR) is 112 cm³/mol. The summed E-state index contributed by atoms with van der Waals surface area (Å²) in [6.07, 6.45) is 9.07. The number of aromatic amines is 1. The normalized spacial score (nSPS) is 22.8. The van der Waals surface area contributed by atoms with E-state index in [-0.39, 0.29) is 5.92 Å². The van der Waals surface area contributed by atoms with E-state index in [1.807, 2.05) is 30.5 Å². The average molecular weight is 374 g/mol. The van der Waals surface area contributed by atoms with Crippen molar-refractivity contribution in [1.82, 2.24) is 9.88 Å². The number of aromatic nitrogens is 1. The first-order chi connectivity index (χ1) is 13.6. The molecule has 3 aromatic rings. The van der Waals surface area contributed by atoms with Crippen molar-refractivity contribution in [3.05, 3.63) is 65.9 Å². The monoisotopic (exact) mass is 374 g/mol. The second-order valence-electron chi connectivity index (χ2n) is 7.64. The number of aliphatic hydroxyl groups is 1. The van der Waals surface area contributed by atoms with E-state index in [9.17, 15) is 5.11 Å². The van der Waals surface area contributed by atoms with E-state index in [1.54, 1.807) is 7.11 Å². The number of H-pyrrole nitrogens is 1. The van der Waals surface area contributed by atoms with Crippen molar-refractivity contribution < 1.29 is 9.84 Å². The van der Waals surface area contributed by atoms with Crippen LogP contribution in [0, 0.1) is 18.3 Å². The van der Waals surface area contributed by atoms with Crippen molar-refractivity contribution in [2.75, 3.05) is 20.2 Å². The highest BCUT2D eigenvalue weighted by molar-refractivity contribution is 5.89. The summed E-state index contributed by atoms with van der Waals surface area (Å²) in [6, 6.07) is 16.4. The number of methoxy groups -OCH3 is 1. The lowest BCUT2D eigenvalue weighted by molar-refractivity contribution is -0.0289. The standard InChI is InChI=1S/C24H26N2O2/c1-3-24(27)12-13-26(16-18-8-5-4-6-9-18)17-20(24)14-19-15-25-21-10-7-11-22(28-2)23(19)21/h1,4-11,15,20,25,27H,12-14,16-17H2,2H3. The summed E-state index contributed by atoms with van der Waals surface area (Å²) in [4.78, 5) is 5.71. The van der Waals surface area contributed by atoms with Gasteiger partial charge in [0.15, 0.2) is 0 Å². The van der Waals surface area contributed by atoms with Crippen LogP contribution in [0.4, 0.5) is 0 Å². The second kappa shape index (κ2) is 7.71. The van der Waals surface area contributed by atoms with Crippen LogP contribution in [-0.4, -0.2) is 40.8 Å². The Hall–Kier alpha value is -2.74. The molecule has 4 nitrogen and oxygen atoms in total. The zero-order valence-electron chi connectivity index (χ0n) is 16.2. The highest BCUT2D eigenvalue weighted by atomic mass is 16.5. The zero-order valence-corrected chi connectivity index (χ0v) is 16.2. The summed E-state index contributed by atoms with van der Waals surface area (Å²) in [5, 5.41) is 12.2. The van der Waals surface area contributed by atoms with Crippen LogP contribution in [0.15, 0.2) is 54.7 Å². The number of hydrogen-bond donors (Lipinski definition) is 2. The first kappa shape index (κ1) is 18.6. The molecule has 144 valence electrons. The van der Waals surface area contributed by atoms with Gasteiger partial charge in [-0.3, -0.25) is 4.90 Å². The molecular formula is C24H26N2O2. The van der Waals surface area contributed by atoms with Gasteiger partial charge in [-0.2, -0.15) is 0 Å². The van der Waals surface area contributed by atoms with Gasteiger partial charge in [0, 0.05) is 49.1 Å². The smallest absolute Gasteiger partial charge is 0.130 e. The minimum Gasteiger partial charge on any atom is -0.496 e. The molecule has 1 aromatic heterocycles. The predicted octanol–water partition coefficient (Wildman–Crippen LogP) is 3.61. The van der Waals surface area contributed by atoms with Gasteiger partial charge in [0.25, 0.3) is 0 Å². The Bertz CT molecular complexity index is 989. The Labute approximate surface area is 166 Å². The Kier molecular flexibility index (Phi) is 5.13. The van der Waals surface area contributed by atoms with Gasteiger partial charge < -0.3 is 14.8 Å². The van der Waals surface area contributed by atoms with Crippen LogP contribution in [0.5, 0.6) is 5.75 Å². The van der Waals surface area contributed by atoms with E-state index in [0.717, 1.165) is 41.9 Å². The van der Waals surface area contributed by atoms with Crippen LogP contribution >= 0.6 is 0 Å². The quantitative estimate of drug-likeness (QED) is 0.671. The second-order valence-corrected chi connectivity index (χ2v) is 7.64. The van der Waals surface area contributed by atoms with E-state index in [1.165, 1.54) is 5.56 Å². The van der Waals surface area contributed by atoms with Gasteiger partial charge in [0.1, 0.15) is 11.4 Å². The van der Waals surface area contributed by atoms with Gasteiger partial charge >= 0.3 is 0 Å². The number of likely N-dealkylation sites (tertiary alicyclic amines) is 1. The van der Waals surface area contributed by atoms with E-state index in [2.05, 4.69) is 40.1 Å². The van der Waals surface area contributed by atoms with E-state index in [4.69, 9.17) is 11.2 Å². The zero-order chi connectivity index (χ0) is 19.6. The molecule has 2 heterocycles. The molecule has 0 aliphatic carbocycles. The number of hydrogen-bond acceptors (Lipinski definition) is 3. The van der Waals surface area contributed by atoms with Crippen molar-refractivity contribution >= 4 is 10.9 Å². The number of rotatable bonds is 5. The van der Waals surface area contributed by atoms with Gasteiger partial charge in [-0.05, 0) is 29.7 Å². The third-order valence-corrected chi connectivity index (χ3v) is 5.90. The summed E-state index contributed by atoms with van der Waals surface area (Å²) in [7, 11) is 1.69. The van der Waals surface area contributed by atoms with Gasteiger partial charge in [-0.25, -0.2) is 0 Å². The van der Waals surface area contributed by atoms with Crippen LogP contribution in [0.1, 0.15) is 17.5 Å². The molecule has 2 aromatic carbocycles. The SMILES string of the molecule is C#CC1(O)CCN(Cc2ccccc2)CC1Cc1c[nH]c2cccc(OC)c12. The van der Waals surface area contributed by atoms with Gasteiger partial charge in [-0.15, -0.1) is 6.42 Å². The lowest BCUT2D eigenvalue weighted by atomic mass is 9.78. The summed E-state index contributed by atoms with van der Waals surface area (Å²) >= 11 is 0. The van der Waals surface area contributed by atoms with Crippen molar-refractivity contribution in [2.45, 2.75) is 25.0 Å². The third-order valence-electron chi connectivity index (χ3n) is 5.90. The third kappa shape index (κ3) is 3.52. The molecule has 1 fully saturated rings. The fraction of sp³-hybridized carbons (Fsp3) is 0.333. The maximum atomic E-state index is 11.1. The van der Waals surface area contributed by atoms with Gasteiger partial charge in [-0.1, -0.05) is 42.3 Å². The van der Waals surface area contributed by atoms with Crippen LogP contribution in [-0.2, 0) is 13.0 Å². The molecule has 1 saturated heterocycles. The minimum atomic E-state index is -1.08. The van der Waals surface area contributed by atoms with Crippen molar-refractivity contribution in [1.29, 1.82) is 0 Å². The summed E-state index contributed by atoms with van der Waals surface area (Å²) in [5.74, 6) is 3.49. The number of nitrogens with one attached hydrogen (secondary N) is 1. The molecule has 0 bridgehead atoms. The van der Waals surface area contributed by atoms with Gasteiger partial charge in [0.05, 0.1) is 7.11 Å². The lowest BCUT2D eigenvalue weighted by Gasteiger charge is -2.42.